The molecule has 7 nitrogen and oxygen atoms in total. The molecule has 0 bridgehead atoms. The normalized spacial score (nSPS) is 12.7. The van der Waals surface area contributed by atoms with Crippen LogP contribution < -0.4 is 5.32 Å². The first-order valence-electron chi connectivity index (χ1n) is 10.7. The van der Waals surface area contributed by atoms with Crippen LogP contribution in [0.15, 0.2) is 24.3 Å². The number of hydrogen-bond acceptors (Lipinski definition) is 4. The van der Waals surface area contributed by atoms with E-state index >= 15 is 0 Å². The maximum absolute atomic E-state index is 12.4. The number of aromatic nitrogens is 2. The van der Waals surface area contributed by atoms with Gasteiger partial charge >= 0.3 is 5.97 Å². The van der Waals surface area contributed by atoms with Crippen LogP contribution in [0.2, 0.25) is 5.02 Å². The molecule has 2 heterocycles. The number of aryl methyl sites for hydroxylation is 2. The molecule has 1 aromatic carbocycles. The van der Waals surface area contributed by atoms with Crippen LogP contribution in [0.1, 0.15) is 49.4 Å². The van der Waals surface area contributed by atoms with Gasteiger partial charge < -0.3 is 19.7 Å². The minimum absolute atomic E-state index is 0.110. The Kier molecular flexibility index (Phi) is 6.86. The molecular weight excluding hydrogens is 442 g/mol. The predicted octanol–water partition coefficient (Wildman–Crippen LogP) is 4.97. The smallest absolute Gasteiger partial charge is 0.337 e. The zero-order valence-corrected chi connectivity index (χ0v) is 20.8. The second-order valence-corrected chi connectivity index (χ2v) is 9.55. The number of pyridine rings is 1. The van der Waals surface area contributed by atoms with Crippen molar-refractivity contribution >= 4 is 34.5 Å². The van der Waals surface area contributed by atoms with E-state index in [0.29, 0.717) is 21.9 Å². The zero-order valence-electron chi connectivity index (χ0n) is 20.0. The van der Waals surface area contributed by atoms with Gasteiger partial charge in [-0.05, 0) is 64.8 Å². The van der Waals surface area contributed by atoms with E-state index in [1.165, 1.54) is 0 Å². The fourth-order valence-electron chi connectivity index (χ4n) is 4.03. The molecule has 1 atom stereocenters. The minimum Gasteiger partial charge on any atom is -0.479 e. The number of hydrogen-bond donors (Lipinski definition) is 2. The van der Waals surface area contributed by atoms with Gasteiger partial charge in [0.1, 0.15) is 12.2 Å². The SMILES string of the molecule is CNC(=O)Cn1c(C)c(C)c2c(-c3ccc(Cl)cc3)c([C@H](OC(C)(C)C)C(=O)O)c(C)nc21. The van der Waals surface area contributed by atoms with E-state index in [0.717, 1.165) is 27.8 Å². The molecule has 0 unspecified atom stereocenters. The summed E-state index contributed by atoms with van der Waals surface area (Å²) in [5.74, 6) is -1.24. The molecule has 1 amide bonds. The number of carboxylic acid groups (broad SMARTS) is 1. The molecule has 2 N–H and O–H groups in total. The lowest BCUT2D eigenvalue weighted by molar-refractivity contribution is -0.160. The van der Waals surface area contributed by atoms with Crippen LogP contribution in [-0.4, -0.2) is 39.2 Å². The largest absolute Gasteiger partial charge is 0.479 e. The van der Waals surface area contributed by atoms with Gasteiger partial charge in [-0.1, -0.05) is 23.7 Å². The zero-order chi connectivity index (χ0) is 24.7. The Morgan fingerprint density at radius 1 is 1.18 bits per heavy atom. The van der Waals surface area contributed by atoms with Crippen molar-refractivity contribution in [2.75, 3.05) is 7.05 Å². The highest BCUT2D eigenvalue weighted by Crippen LogP contribution is 2.42. The Morgan fingerprint density at radius 2 is 1.79 bits per heavy atom. The number of nitrogens with one attached hydrogen (secondary N) is 1. The summed E-state index contributed by atoms with van der Waals surface area (Å²) in [6, 6.07) is 7.26. The van der Waals surface area contributed by atoms with E-state index in [9.17, 15) is 14.7 Å². The first-order valence-corrected chi connectivity index (χ1v) is 11.1. The van der Waals surface area contributed by atoms with Gasteiger partial charge in [0.25, 0.3) is 0 Å². The quantitative estimate of drug-likeness (QED) is 0.529. The lowest BCUT2D eigenvalue weighted by Gasteiger charge is -2.28. The van der Waals surface area contributed by atoms with Gasteiger partial charge in [-0.15, -0.1) is 0 Å². The molecule has 0 aliphatic carbocycles. The molecule has 0 fully saturated rings. The van der Waals surface area contributed by atoms with Crippen molar-refractivity contribution in [3.63, 3.8) is 0 Å². The van der Waals surface area contributed by atoms with E-state index in [4.69, 9.17) is 21.3 Å². The molecule has 0 aliphatic heterocycles. The molecule has 176 valence electrons. The third-order valence-electron chi connectivity index (χ3n) is 5.66. The van der Waals surface area contributed by atoms with Gasteiger partial charge in [-0.3, -0.25) is 4.79 Å². The highest BCUT2D eigenvalue weighted by atomic mass is 35.5. The molecule has 0 saturated carbocycles. The Balaban J connectivity index is 2.47. The first kappa shape index (κ1) is 24.7. The molecule has 2 aromatic heterocycles. The van der Waals surface area contributed by atoms with Crippen molar-refractivity contribution < 1.29 is 19.4 Å². The second-order valence-electron chi connectivity index (χ2n) is 9.11. The summed E-state index contributed by atoms with van der Waals surface area (Å²) in [5.41, 5.74) is 4.28. The molecule has 33 heavy (non-hydrogen) atoms. The van der Waals surface area contributed by atoms with Crippen LogP contribution in [0.5, 0.6) is 0 Å². The summed E-state index contributed by atoms with van der Waals surface area (Å²) in [7, 11) is 1.59. The number of likely N-dealkylation sites (N-methyl/N-ethyl adjacent to an activating group) is 1. The van der Waals surface area contributed by atoms with Crippen molar-refractivity contribution in [3.8, 4) is 11.1 Å². The lowest BCUT2D eigenvalue weighted by Crippen LogP contribution is -2.28. The number of nitrogens with zero attached hydrogens (tertiary/aromatic N) is 2. The van der Waals surface area contributed by atoms with E-state index in [-0.39, 0.29) is 12.5 Å². The molecule has 0 saturated heterocycles. The number of amides is 1. The van der Waals surface area contributed by atoms with Crippen molar-refractivity contribution in [2.24, 2.45) is 0 Å². The fraction of sp³-hybridized carbons (Fsp3) is 0.400. The van der Waals surface area contributed by atoms with Crippen LogP contribution in [0.3, 0.4) is 0 Å². The van der Waals surface area contributed by atoms with Crippen molar-refractivity contribution in [1.29, 1.82) is 0 Å². The van der Waals surface area contributed by atoms with Crippen LogP contribution in [0, 0.1) is 20.8 Å². The maximum Gasteiger partial charge on any atom is 0.337 e. The van der Waals surface area contributed by atoms with Gasteiger partial charge in [0.05, 0.1) is 5.60 Å². The van der Waals surface area contributed by atoms with Crippen LogP contribution in [-0.2, 0) is 20.9 Å². The molecule has 0 aliphatic rings. The lowest BCUT2D eigenvalue weighted by atomic mass is 9.91. The Bertz CT molecular complexity index is 1220. The summed E-state index contributed by atoms with van der Waals surface area (Å²) >= 11 is 6.14. The van der Waals surface area contributed by atoms with Crippen molar-refractivity contribution in [1.82, 2.24) is 14.9 Å². The van der Waals surface area contributed by atoms with Gasteiger partial charge in [0.2, 0.25) is 5.91 Å². The van der Waals surface area contributed by atoms with Gasteiger partial charge in [0.15, 0.2) is 6.10 Å². The molecule has 8 heteroatoms. The third-order valence-corrected chi connectivity index (χ3v) is 5.91. The maximum atomic E-state index is 12.4. The topological polar surface area (TPSA) is 93.5 Å². The number of halogens is 1. The number of fused-ring (bicyclic) bond motifs is 1. The molecule has 0 radical (unpaired) electrons. The average molecular weight is 472 g/mol. The van der Waals surface area contributed by atoms with Gasteiger partial charge in [-0.2, -0.15) is 0 Å². The molecule has 3 aromatic rings. The number of carboxylic acids is 1. The summed E-state index contributed by atoms with van der Waals surface area (Å²) in [6.45, 7) is 11.2. The first-order chi connectivity index (χ1) is 15.4. The molecular formula is C25H30ClN3O4. The highest BCUT2D eigenvalue weighted by Gasteiger charge is 2.33. The van der Waals surface area contributed by atoms with Crippen molar-refractivity contribution in [2.45, 2.75) is 59.8 Å². The van der Waals surface area contributed by atoms with Crippen LogP contribution in [0.4, 0.5) is 0 Å². The summed E-state index contributed by atoms with van der Waals surface area (Å²) in [5, 5.41) is 14.2. The summed E-state index contributed by atoms with van der Waals surface area (Å²) < 4.78 is 7.88. The minimum atomic E-state index is -1.23. The van der Waals surface area contributed by atoms with Gasteiger partial charge in [-0.25, -0.2) is 9.78 Å². The number of carbonyl (C=O) groups excluding carboxylic acids is 1. The monoisotopic (exact) mass is 471 g/mol. The standard InChI is InChI=1S/C25H30ClN3O4/c1-13-15(3)29(12-18(30)27-7)23-19(13)21(16-8-10-17(26)11-9-16)20(14(2)28-23)22(24(31)32)33-25(4,5)6/h8-11,22H,12H2,1-7H3,(H,27,30)(H,31,32)/t22-/m0/s1. The number of benzene rings is 1. The summed E-state index contributed by atoms with van der Waals surface area (Å²) in [6.07, 6.45) is -1.23. The molecule has 3 rings (SSSR count). The predicted molar refractivity (Wildman–Crippen MR) is 130 cm³/mol. The van der Waals surface area contributed by atoms with E-state index in [2.05, 4.69) is 5.32 Å². The van der Waals surface area contributed by atoms with Gasteiger partial charge in [0, 0.05) is 40.0 Å². The third kappa shape index (κ3) is 4.89. The van der Waals surface area contributed by atoms with E-state index < -0.39 is 17.7 Å². The number of aliphatic carboxylic acids is 1. The number of rotatable bonds is 6. The number of ether oxygens (including phenoxy) is 1. The summed E-state index contributed by atoms with van der Waals surface area (Å²) in [4.78, 5) is 29.4. The van der Waals surface area contributed by atoms with E-state index in [1.54, 1.807) is 26.1 Å². The average Bonchev–Trinajstić information content (AvgIpc) is 2.95. The Morgan fingerprint density at radius 3 is 2.30 bits per heavy atom. The van der Waals surface area contributed by atoms with Crippen molar-refractivity contribution in [3.05, 3.63) is 51.8 Å². The van der Waals surface area contributed by atoms with Crippen LogP contribution >= 0.6 is 11.6 Å². The Hall–Kier alpha value is -2.90. The second kappa shape index (κ2) is 9.15. The highest BCUT2D eigenvalue weighted by molar-refractivity contribution is 6.30. The fourth-order valence-corrected chi connectivity index (χ4v) is 4.16. The molecule has 0 spiro atoms. The number of carbonyl (C=O) groups is 2. The Labute approximate surface area is 198 Å². The van der Waals surface area contributed by atoms with Crippen LogP contribution in [0.25, 0.3) is 22.2 Å². The van der Waals surface area contributed by atoms with E-state index in [1.807, 2.05) is 51.3 Å².